The first kappa shape index (κ1) is 12.2. The van der Waals surface area contributed by atoms with Crippen molar-refractivity contribution in [2.75, 3.05) is 16.8 Å². The minimum Gasteiger partial charge on any atom is -0.363 e. The fourth-order valence-corrected chi connectivity index (χ4v) is 2.38. The van der Waals surface area contributed by atoms with Gasteiger partial charge in [-0.05, 0) is 32.9 Å². The summed E-state index contributed by atoms with van der Waals surface area (Å²) in [6.45, 7) is 7.05. The number of benzene rings is 1. The molecule has 0 bridgehead atoms. The summed E-state index contributed by atoms with van der Waals surface area (Å²) in [5.41, 5.74) is 1.66. The average Bonchev–Trinajstić information content (AvgIpc) is 2.36. The van der Waals surface area contributed by atoms with Gasteiger partial charge in [-0.25, -0.2) is 0 Å². The van der Waals surface area contributed by atoms with Gasteiger partial charge >= 0.3 is 0 Å². The number of rotatable bonds is 0. The second-order valence-corrected chi connectivity index (χ2v) is 5.66. The van der Waals surface area contributed by atoms with E-state index in [1.165, 1.54) is 0 Å². The quantitative estimate of drug-likeness (QED) is 0.769. The maximum absolute atomic E-state index is 11.6. The Morgan fingerprint density at radius 1 is 1.35 bits per heavy atom. The van der Waals surface area contributed by atoms with Crippen LogP contribution in [-0.2, 0) is 4.79 Å². The van der Waals surface area contributed by atoms with Crippen LogP contribution in [0.4, 0.5) is 11.4 Å². The maximum atomic E-state index is 11.6. The number of carbonyl (C=O) groups is 1. The highest BCUT2D eigenvalue weighted by Gasteiger charge is 2.28. The predicted molar refractivity (Wildman–Crippen MR) is 71.8 cm³/mol. The number of carbonyl (C=O) groups excluding carboxylic acids is 1. The molecule has 17 heavy (non-hydrogen) atoms. The summed E-state index contributed by atoms with van der Waals surface area (Å²) in [5.74, 6) is 0.0419. The molecule has 0 saturated carbocycles. The van der Waals surface area contributed by atoms with Crippen molar-refractivity contribution in [3.8, 4) is 0 Å². The summed E-state index contributed by atoms with van der Waals surface area (Å²) in [7, 11) is 0. The fraction of sp³-hybridized carbons (Fsp3) is 0.462. The second kappa shape index (κ2) is 4.22. The zero-order chi connectivity index (χ0) is 12.6. The highest BCUT2D eigenvalue weighted by Crippen LogP contribution is 2.39. The van der Waals surface area contributed by atoms with Crippen molar-refractivity contribution in [1.82, 2.24) is 0 Å². The largest absolute Gasteiger partial charge is 0.363 e. The lowest BCUT2D eigenvalue weighted by atomic mass is 10.0. The Kier molecular flexibility index (Phi) is 3.04. The molecule has 0 atom stereocenters. The zero-order valence-electron chi connectivity index (χ0n) is 10.4. The van der Waals surface area contributed by atoms with Crippen LogP contribution >= 0.6 is 11.6 Å². The molecule has 0 saturated heterocycles. The van der Waals surface area contributed by atoms with Crippen LogP contribution in [0.3, 0.4) is 0 Å². The number of hydrogen-bond acceptors (Lipinski definition) is 2. The predicted octanol–water partition coefficient (Wildman–Crippen LogP) is 3.29. The Bertz CT molecular complexity index is 451. The fourth-order valence-electron chi connectivity index (χ4n) is 2.10. The van der Waals surface area contributed by atoms with Gasteiger partial charge in [0.2, 0.25) is 5.91 Å². The number of nitrogens with one attached hydrogen (secondary N) is 1. The molecule has 0 spiro atoms. The molecule has 0 aromatic heterocycles. The molecule has 1 aliphatic rings. The van der Waals surface area contributed by atoms with Crippen LogP contribution in [0.2, 0.25) is 5.02 Å². The highest BCUT2D eigenvalue weighted by atomic mass is 35.5. The summed E-state index contributed by atoms with van der Waals surface area (Å²) in [6, 6.07) is 5.60. The van der Waals surface area contributed by atoms with E-state index in [0.29, 0.717) is 18.0 Å². The van der Waals surface area contributed by atoms with Crippen molar-refractivity contribution < 1.29 is 4.79 Å². The molecule has 0 aliphatic carbocycles. The molecule has 92 valence electrons. The minimum atomic E-state index is -0.0634. The number of halogens is 1. The van der Waals surface area contributed by atoms with Crippen LogP contribution in [0.25, 0.3) is 0 Å². The summed E-state index contributed by atoms with van der Waals surface area (Å²) in [5, 5.41) is 3.58. The van der Waals surface area contributed by atoms with E-state index >= 15 is 0 Å². The molecule has 0 radical (unpaired) electrons. The van der Waals surface area contributed by atoms with Crippen LogP contribution in [-0.4, -0.2) is 18.0 Å². The highest BCUT2D eigenvalue weighted by molar-refractivity contribution is 6.34. The zero-order valence-corrected chi connectivity index (χ0v) is 11.1. The van der Waals surface area contributed by atoms with Gasteiger partial charge in [0.25, 0.3) is 0 Å². The molecule has 1 aromatic carbocycles. The standard InChI is InChI=1S/C13H17ClN2O/c1-13(2,3)16-8-7-11(17)15-10-6-4-5-9(14)12(10)16/h4-6H,7-8H2,1-3H3,(H,15,17). The lowest BCUT2D eigenvalue weighted by Gasteiger charge is -2.37. The van der Waals surface area contributed by atoms with Crippen LogP contribution in [0, 0.1) is 0 Å². The van der Waals surface area contributed by atoms with Gasteiger partial charge in [0.15, 0.2) is 0 Å². The Balaban J connectivity index is 2.56. The first-order chi connectivity index (χ1) is 7.89. The van der Waals surface area contributed by atoms with Crippen molar-refractivity contribution in [3.05, 3.63) is 23.2 Å². The molecule has 4 heteroatoms. The molecule has 0 unspecified atom stereocenters. The summed E-state index contributed by atoms with van der Waals surface area (Å²) in [6.07, 6.45) is 0.488. The number of amides is 1. The van der Waals surface area contributed by atoms with Gasteiger partial charge in [0.1, 0.15) is 0 Å². The Morgan fingerprint density at radius 3 is 2.71 bits per heavy atom. The van der Waals surface area contributed by atoms with E-state index in [9.17, 15) is 4.79 Å². The molecule has 1 N–H and O–H groups in total. The van der Waals surface area contributed by atoms with Crippen LogP contribution in [0.15, 0.2) is 18.2 Å². The summed E-state index contributed by atoms with van der Waals surface area (Å²) in [4.78, 5) is 13.8. The lowest BCUT2D eigenvalue weighted by Crippen LogP contribution is -2.42. The van der Waals surface area contributed by atoms with E-state index < -0.39 is 0 Å². The van der Waals surface area contributed by atoms with Gasteiger partial charge in [-0.15, -0.1) is 0 Å². The third-order valence-corrected chi connectivity index (χ3v) is 3.21. The van der Waals surface area contributed by atoms with Crippen molar-refractivity contribution in [2.45, 2.75) is 32.7 Å². The number of nitrogens with zero attached hydrogens (tertiary/aromatic N) is 1. The van der Waals surface area contributed by atoms with Gasteiger partial charge in [0.05, 0.1) is 16.4 Å². The number of para-hydroxylation sites is 1. The molecule has 1 aromatic rings. The smallest absolute Gasteiger partial charge is 0.226 e. The van der Waals surface area contributed by atoms with Crippen molar-refractivity contribution in [1.29, 1.82) is 0 Å². The van der Waals surface area contributed by atoms with E-state index in [-0.39, 0.29) is 11.4 Å². The van der Waals surface area contributed by atoms with E-state index in [1.807, 2.05) is 18.2 Å². The normalized spacial score (nSPS) is 16.2. The van der Waals surface area contributed by atoms with Gasteiger partial charge in [-0.1, -0.05) is 17.7 Å². The van der Waals surface area contributed by atoms with E-state index in [2.05, 4.69) is 31.0 Å². The van der Waals surface area contributed by atoms with E-state index in [0.717, 1.165) is 11.4 Å². The van der Waals surface area contributed by atoms with Gasteiger partial charge in [-0.3, -0.25) is 4.79 Å². The van der Waals surface area contributed by atoms with Crippen LogP contribution < -0.4 is 10.2 Å². The molecule has 0 fully saturated rings. The minimum absolute atomic E-state index is 0.0419. The van der Waals surface area contributed by atoms with Crippen LogP contribution in [0.1, 0.15) is 27.2 Å². The van der Waals surface area contributed by atoms with Gasteiger partial charge in [-0.2, -0.15) is 0 Å². The third kappa shape index (κ3) is 2.39. The molecule has 3 nitrogen and oxygen atoms in total. The molecule has 1 heterocycles. The Labute approximate surface area is 107 Å². The third-order valence-electron chi connectivity index (χ3n) is 2.90. The average molecular weight is 253 g/mol. The lowest BCUT2D eigenvalue weighted by molar-refractivity contribution is -0.116. The monoisotopic (exact) mass is 252 g/mol. The van der Waals surface area contributed by atoms with E-state index in [1.54, 1.807) is 0 Å². The van der Waals surface area contributed by atoms with Crippen molar-refractivity contribution in [3.63, 3.8) is 0 Å². The Morgan fingerprint density at radius 2 is 2.06 bits per heavy atom. The van der Waals surface area contributed by atoms with Crippen LogP contribution in [0.5, 0.6) is 0 Å². The Hall–Kier alpha value is -1.22. The van der Waals surface area contributed by atoms with Gasteiger partial charge in [0, 0.05) is 18.5 Å². The molecule has 2 rings (SSSR count). The topological polar surface area (TPSA) is 32.3 Å². The number of anilines is 2. The maximum Gasteiger partial charge on any atom is 0.226 e. The SMILES string of the molecule is CC(C)(C)N1CCC(=O)Nc2cccc(Cl)c21. The summed E-state index contributed by atoms with van der Waals surface area (Å²) >= 11 is 6.27. The van der Waals surface area contributed by atoms with E-state index in [4.69, 9.17) is 11.6 Å². The molecule has 1 amide bonds. The first-order valence-electron chi connectivity index (χ1n) is 5.75. The molecular weight excluding hydrogens is 236 g/mol. The molecular formula is C13H17ClN2O. The second-order valence-electron chi connectivity index (χ2n) is 5.26. The molecule has 1 aliphatic heterocycles. The van der Waals surface area contributed by atoms with Gasteiger partial charge < -0.3 is 10.2 Å². The first-order valence-corrected chi connectivity index (χ1v) is 6.13. The van der Waals surface area contributed by atoms with Crippen molar-refractivity contribution in [2.24, 2.45) is 0 Å². The summed E-state index contributed by atoms with van der Waals surface area (Å²) < 4.78 is 0. The number of fused-ring (bicyclic) bond motifs is 1. The number of hydrogen-bond donors (Lipinski definition) is 1. The van der Waals surface area contributed by atoms with Crippen molar-refractivity contribution >= 4 is 28.9 Å².